The molecule has 6 atom stereocenters. The summed E-state index contributed by atoms with van der Waals surface area (Å²) >= 11 is 0. The molecule has 0 radical (unpaired) electrons. The molecule has 4 aliphatic heterocycles. The summed E-state index contributed by atoms with van der Waals surface area (Å²) in [6.45, 7) is 10.3. The van der Waals surface area contributed by atoms with Crippen molar-refractivity contribution >= 4 is 17.7 Å². The number of ether oxygens (including phenoxy) is 1. The van der Waals surface area contributed by atoms with E-state index in [2.05, 4.69) is 0 Å². The number of amides is 3. The van der Waals surface area contributed by atoms with Crippen molar-refractivity contribution in [3.8, 4) is 0 Å². The topological polar surface area (TPSA) is 90.4 Å². The molecule has 1 N–H and O–H groups in total. The van der Waals surface area contributed by atoms with Crippen molar-refractivity contribution in [1.82, 2.24) is 14.7 Å². The van der Waals surface area contributed by atoms with Crippen LogP contribution in [0.1, 0.15) is 40.2 Å². The lowest BCUT2D eigenvalue weighted by Crippen LogP contribution is -2.60. The molecule has 3 amide bonds. The van der Waals surface area contributed by atoms with Gasteiger partial charge in [0.05, 0.1) is 30.1 Å². The summed E-state index contributed by atoms with van der Waals surface area (Å²) < 4.78 is 6.81. The first-order valence-electron chi connectivity index (χ1n) is 13.1. The highest BCUT2D eigenvalue weighted by Crippen LogP contribution is 2.58. The molecule has 1 unspecified atom stereocenters. The molecule has 0 saturated carbocycles. The number of carbonyl (C=O) groups is 3. The van der Waals surface area contributed by atoms with Crippen LogP contribution >= 0.6 is 0 Å². The zero-order valence-electron chi connectivity index (χ0n) is 22.3. The number of likely N-dealkylation sites (tertiary alicyclic amines) is 1. The highest BCUT2D eigenvalue weighted by Gasteiger charge is 2.75. The van der Waals surface area contributed by atoms with E-state index in [0.29, 0.717) is 19.6 Å². The van der Waals surface area contributed by atoms with Gasteiger partial charge in [0.1, 0.15) is 11.6 Å². The van der Waals surface area contributed by atoms with E-state index in [1.165, 1.54) is 4.90 Å². The molecule has 198 valence electrons. The third-order valence-electron chi connectivity index (χ3n) is 8.34. The van der Waals surface area contributed by atoms with E-state index in [4.69, 9.17) is 4.74 Å². The molecule has 4 aliphatic rings. The number of aliphatic hydroxyl groups is 1. The molecule has 1 spiro atoms. The number of aliphatic hydroxyl groups excluding tert-OH is 1. The lowest BCUT2D eigenvalue weighted by atomic mass is 9.74. The van der Waals surface area contributed by atoms with Crippen molar-refractivity contribution in [2.75, 3.05) is 19.7 Å². The third kappa shape index (κ3) is 3.84. The van der Waals surface area contributed by atoms with Crippen LogP contribution in [0, 0.1) is 11.8 Å². The molecule has 8 heteroatoms. The van der Waals surface area contributed by atoms with Crippen molar-refractivity contribution < 1.29 is 24.2 Å². The minimum atomic E-state index is -1.31. The SMILES string of the molecule is C[C@H](CO)N1C(=O)[C@@H]2[C@H]3C(=O)N(Cc4ccccc4)CC=C[C@@]3(C)O[C@@]23C=CCN(C(C)(C)C)C(=O)C13. The molecular weight excluding hydrogens is 470 g/mol. The van der Waals surface area contributed by atoms with E-state index in [9.17, 15) is 19.5 Å². The number of carbonyl (C=O) groups excluding carboxylic acids is 3. The molecule has 0 bridgehead atoms. The zero-order chi connectivity index (χ0) is 26.8. The summed E-state index contributed by atoms with van der Waals surface area (Å²) in [4.78, 5) is 47.6. The van der Waals surface area contributed by atoms with Crippen LogP contribution in [0.15, 0.2) is 54.6 Å². The van der Waals surface area contributed by atoms with E-state index in [1.54, 1.807) is 16.7 Å². The van der Waals surface area contributed by atoms with Gasteiger partial charge in [0.2, 0.25) is 17.7 Å². The van der Waals surface area contributed by atoms with E-state index in [0.717, 1.165) is 5.56 Å². The van der Waals surface area contributed by atoms with Gasteiger partial charge in [-0.1, -0.05) is 54.6 Å². The number of hydrogen-bond donors (Lipinski definition) is 1. The van der Waals surface area contributed by atoms with Gasteiger partial charge >= 0.3 is 0 Å². The van der Waals surface area contributed by atoms with E-state index in [-0.39, 0.29) is 24.3 Å². The first-order valence-corrected chi connectivity index (χ1v) is 13.1. The molecule has 2 fully saturated rings. The second-order valence-electron chi connectivity index (χ2n) is 11.9. The average molecular weight is 508 g/mol. The maximum Gasteiger partial charge on any atom is 0.249 e. The molecule has 1 aromatic rings. The molecule has 2 saturated heterocycles. The van der Waals surface area contributed by atoms with Crippen LogP contribution in [0.5, 0.6) is 0 Å². The fraction of sp³-hybridized carbons (Fsp3) is 0.552. The molecular formula is C29H37N3O5. The molecule has 8 nitrogen and oxygen atoms in total. The van der Waals surface area contributed by atoms with Crippen LogP contribution in [0.2, 0.25) is 0 Å². The standard InChI is InChI=1S/C29H37N3O5/c1-19(18-33)32-23-26(36)31(27(2,3)4)16-10-14-29(23)22(25(32)35)21-24(34)30(15-9-13-28(21,5)37-29)17-20-11-7-6-8-12-20/h6-14,19,21-23,33H,15-18H2,1-5H3/t19-,21+,22+,23?,28-,29+/m1/s1. The van der Waals surface area contributed by atoms with Gasteiger partial charge in [-0.25, -0.2) is 0 Å². The Morgan fingerprint density at radius 3 is 2.32 bits per heavy atom. The summed E-state index contributed by atoms with van der Waals surface area (Å²) in [5.41, 5.74) is -1.86. The van der Waals surface area contributed by atoms with Gasteiger partial charge in [-0.05, 0) is 40.2 Å². The second-order valence-corrected chi connectivity index (χ2v) is 11.9. The minimum Gasteiger partial charge on any atom is -0.394 e. The number of nitrogens with zero attached hydrogens (tertiary/aromatic N) is 3. The number of fused-ring (bicyclic) bond motifs is 2. The van der Waals surface area contributed by atoms with Gasteiger partial charge in [0.15, 0.2) is 0 Å². The lowest BCUT2D eigenvalue weighted by molar-refractivity contribution is -0.157. The number of hydrogen-bond acceptors (Lipinski definition) is 5. The minimum absolute atomic E-state index is 0.165. The summed E-state index contributed by atoms with van der Waals surface area (Å²) in [6.07, 6.45) is 7.55. The highest BCUT2D eigenvalue weighted by atomic mass is 16.5. The lowest BCUT2D eigenvalue weighted by Gasteiger charge is -2.42. The van der Waals surface area contributed by atoms with E-state index < -0.39 is 40.7 Å². The summed E-state index contributed by atoms with van der Waals surface area (Å²) in [7, 11) is 0. The first kappa shape index (κ1) is 25.7. The van der Waals surface area contributed by atoms with E-state index in [1.807, 2.05) is 82.3 Å². The monoisotopic (exact) mass is 507 g/mol. The Bertz CT molecular complexity index is 1160. The van der Waals surface area contributed by atoms with Gasteiger partial charge in [-0.15, -0.1) is 0 Å². The molecule has 0 aliphatic carbocycles. The van der Waals surface area contributed by atoms with Gasteiger partial charge in [-0.3, -0.25) is 14.4 Å². The molecule has 1 aromatic carbocycles. The first-order chi connectivity index (χ1) is 17.4. The second kappa shape index (κ2) is 8.81. The van der Waals surface area contributed by atoms with Crippen LogP contribution < -0.4 is 0 Å². The maximum atomic E-state index is 14.2. The Balaban J connectivity index is 1.62. The van der Waals surface area contributed by atoms with Crippen LogP contribution in [0.25, 0.3) is 0 Å². The van der Waals surface area contributed by atoms with Gasteiger partial charge < -0.3 is 24.5 Å². The molecule has 5 rings (SSSR count). The summed E-state index contributed by atoms with van der Waals surface area (Å²) in [5.74, 6) is -2.41. The van der Waals surface area contributed by atoms with E-state index >= 15 is 0 Å². The van der Waals surface area contributed by atoms with Crippen molar-refractivity contribution in [2.24, 2.45) is 11.8 Å². The third-order valence-corrected chi connectivity index (χ3v) is 8.34. The number of rotatable bonds is 4. The molecule has 37 heavy (non-hydrogen) atoms. The normalized spacial score (nSPS) is 34.3. The summed E-state index contributed by atoms with van der Waals surface area (Å²) in [5, 5.41) is 10.1. The Hall–Kier alpha value is -2.97. The van der Waals surface area contributed by atoms with Gasteiger partial charge in [0.25, 0.3) is 0 Å². The van der Waals surface area contributed by atoms with Crippen LogP contribution in [-0.4, -0.2) is 86.0 Å². The summed E-state index contributed by atoms with van der Waals surface area (Å²) in [6, 6.07) is 8.18. The Kier molecular flexibility index (Phi) is 6.11. The predicted octanol–water partition coefficient (Wildman–Crippen LogP) is 2.13. The number of benzene rings is 1. The van der Waals surface area contributed by atoms with Crippen molar-refractivity contribution in [2.45, 2.75) is 70.0 Å². The fourth-order valence-electron chi connectivity index (χ4n) is 6.62. The van der Waals surface area contributed by atoms with Crippen molar-refractivity contribution in [1.29, 1.82) is 0 Å². The van der Waals surface area contributed by atoms with Crippen LogP contribution in [0.4, 0.5) is 0 Å². The van der Waals surface area contributed by atoms with Gasteiger partial charge in [0, 0.05) is 25.2 Å². The maximum absolute atomic E-state index is 14.2. The Morgan fingerprint density at radius 1 is 1.00 bits per heavy atom. The molecule has 0 aromatic heterocycles. The quantitative estimate of drug-likeness (QED) is 0.631. The average Bonchev–Trinajstić information content (AvgIpc) is 3.12. The zero-order valence-corrected chi connectivity index (χ0v) is 22.3. The fourth-order valence-corrected chi connectivity index (χ4v) is 6.62. The van der Waals surface area contributed by atoms with Gasteiger partial charge in [-0.2, -0.15) is 0 Å². The van der Waals surface area contributed by atoms with Crippen molar-refractivity contribution in [3.63, 3.8) is 0 Å². The highest BCUT2D eigenvalue weighted by molar-refractivity contribution is 6.00. The largest absolute Gasteiger partial charge is 0.394 e. The molecule has 4 heterocycles. The smallest absolute Gasteiger partial charge is 0.249 e. The Labute approximate surface area is 218 Å². The Morgan fingerprint density at radius 2 is 1.68 bits per heavy atom. The predicted molar refractivity (Wildman–Crippen MR) is 138 cm³/mol. The van der Waals surface area contributed by atoms with Crippen molar-refractivity contribution in [3.05, 3.63) is 60.2 Å². The van der Waals surface area contributed by atoms with Crippen LogP contribution in [-0.2, 0) is 25.7 Å². The van der Waals surface area contributed by atoms with Crippen LogP contribution in [0.3, 0.4) is 0 Å².